The number of rotatable bonds is 5. The summed E-state index contributed by atoms with van der Waals surface area (Å²) >= 11 is 0. The number of benzene rings is 2. The predicted molar refractivity (Wildman–Crippen MR) is 90.8 cm³/mol. The number of carbonyl (C=O) groups is 4. The third-order valence-electron chi connectivity index (χ3n) is 3.88. The predicted octanol–water partition coefficient (Wildman–Crippen LogP) is 1.49. The minimum Gasteiger partial charge on any atom is -0.343 e. The van der Waals surface area contributed by atoms with Crippen molar-refractivity contribution in [3.63, 3.8) is 0 Å². The first-order valence-electron chi connectivity index (χ1n) is 7.98. The van der Waals surface area contributed by atoms with Gasteiger partial charge in [0.25, 0.3) is 11.8 Å². The number of hydrogen-bond donors (Lipinski definition) is 1. The second-order valence-electron chi connectivity index (χ2n) is 5.80. The van der Waals surface area contributed by atoms with Gasteiger partial charge in [-0.2, -0.15) is 0 Å². The smallest absolute Gasteiger partial charge is 0.343 e. The second kappa shape index (κ2) is 7.18. The maximum atomic E-state index is 12.5. The van der Waals surface area contributed by atoms with E-state index >= 15 is 0 Å². The van der Waals surface area contributed by atoms with E-state index in [0.717, 1.165) is 5.56 Å². The van der Waals surface area contributed by atoms with Crippen molar-refractivity contribution >= 4 is 23.7 Å². The highest BCUT2D eigenvalue weighted by Crippen LogP contribution is 2.23. The largest absolute Gasteiger partial charge is 0.355 e. The number of hydrogen-bond acceptors (Lipinski definition) is 5. The molecule has 1 unspecified atom stereocenters. The summed E-state index contributed by atoms with van der Waals surface area (Å²) in [7, 11) is 0. The number of fused-ring (bicyclic) bond motifs is 1. The Bertz CT molecular complexity index is 844. The summed E-state index contributed by atoms with van der Waals surface area (Å²) in [6.07, 6.45) is 0.169. The van der Waals surface area contributed by atoms with Crippen molar-refractivity contribution in [3.8, 4) is 0 Å². The molecule has 0 radical (unpaired) electrons. The van der Waals surface area contributed by atoms with Gasteiger partial charge in [0, 0.05) is 13.3 Å². The highest BCUT2D eigenvalue weighted by molar-refractivity contribution is 6.20. The maximum absolute atomic E-state index is 12.5. The normalized spacial score (nSPS) is 14.0. The van der Waals surface area contributed by atoms with Crippen molar-refractivity contribution in [2.45, 2.75) is 19.4 Å². The molecule has 7 nitrogen and oxygen atoms in total. The number of amides is 3. The molecule has 1 heterocycles. The number of carbonyl (C=O) groups excluding carboxylic acids is 4. The van der Waals surface area contributed by atoms with Gasteiger partial charge in [0.15, 0.2) is 0 Å². The molecule has 3 rings (SSSR count). The zero-order valence-corrected chi connectivity index (χ0v) is 14.0. The van der Waals surface area contributed by atoms with Gasteiger partial charge in [-0.05, 0) is 17.7 Å². The molecular formula is C19H16N2O5. The van der Waals surface area contributed by atoms with Gasteiger partial charge in [0.1, 0.15) is 6.04 Å². The summed E-state index contributed by atoms with van der Waals surface area (Å²) in [5.74, 6) is -2.73. The van der Waals surface area contributed by atoms with E-state index < -0.39 is 29.7 Å². The Balaban J connectivity index is 1.77. The third kappa shape index (κ3) is 3.46. The Morgan fingerprint density at radius 1 is 0.962 bits per heavy atom. The molecule has 0 saturated heterocycles. The van der Waals surface area contributed by atoms with Gasteiger partial charge in [-0.15, -0.1) is 0 Å². The first kappa shape index (κ1) is 17.3. The Hall–Kier alpha value is -3.48. The number of nitrogens with zero attached hydrogens (tertiary/aromatic N) is 1. The lowest BCUT2D eigenvalue weighted by Crippen LogP contribution is -2.46. The second-order valence-corrected chi connectivity index (χ2v) is 5.80. The van der Waals surface area contributed by atoms with Crippen LogP contribution in [-0.2, 0) is 20.8 Å². The van der Waals surface area contributed by atoms with E-state index in [1.165, 1.54) is 19.1 Å². The Kier molecular flexibility index (Phi) is 4.79. The minimum atomic E-state index is -1.03. The van der Waals surface area contributed by atoms with Crippen LogP contribution in [0.25, 0.3) is 0 Å². The van der Waals surface area contributed by atoms with Crippen molar-refractivity contribution in [1.82, 2.24) is 10.4 Å². The molecule has 0 aromatic heterocycles. The lowest BCUT2D eigenvalue weighted by molar-refractivity contribution is -0.171. The van der Waals surface area contributed by atoms with Gasteiger partial charge in [0.2, 0.25) is 5.91 Å². The van der Waals surface area contributed by atoms with Gasteiger partial charge in [-0.1, -0.05) is 47.5 Å². The summed E-state index contributed by atoms with van der Waals surface area (Å²) in [4.78, 5) is 53.5. The topological polar surface area (TPSA) is 92.8 Å². The van der Waals surface area contributed by atoms with E-state index in [2.05, 4.69) is 5.32 Å². The van der Waals surface area contributed by atoms with Crippen LogP contribution in [0.3, 0.4) is 0 Å². The van der Waals surface area contributed by atoms with Crippen molar-refractivity contribution < 1.29 is 24.0 Å². The molecule has 2 aromatic rings. The van der Waals surface area contributed by atoms with E-state index in [1.54, 1.807) is 36.4 Å². The molecule has 0 aliphatic carbocycles. The molecule has 0 bridgehead atoms. The summed E-state index contributed by atoms with van der Waals surface area (Å²) in [6.45, 7) is 1.27. The van der Waals surface area contributed by atoms with Crippen LogP contribution in [0.4, 0.5) is 0 Å². The standard InChI is InChI=1S/C19H16N2O5/c1-12(22)20-16(11-13-7-3-2-4-8-13)19(25)26-21-17(23)14-9-5-6-10-15(14)18(21)24/h2-10,16H,11H2,1H3,(H,20,22). The van der Waals surface area contributed by atoms with Crippen LogP contribution < -0.4 is 5.32 Å². The van der Waals surface area contributed by atoms with Crippen LogP contribution in [0.2, 0.25) is 0 Å². The van der Waals surface area contributed by atoms with Crippen LogP contribution in [0, 0.1) is 0 Å². The van der Waals surface area contributed by atoms with Gasteiger partial charge in [0.05, 0.1) is 11.1 Å². The molecule has 7 heteroatoms. The fourth-order valence-corrected chi connectivity index (χ4v) is 2.69. The Labute approximate surface area is 149 Å². The van der Waals surface area contributed by atoms with Crippen molar-refractivity contribution in [2.75, 3.05) is 0 Å². The van der Waals surface area contributed by atoms with Crippen LogP contribution in [0.1, 0.15) is 33.2 Å². The number of hydroxylamine groups is 2. The van der Waals surface area contributed by atoms with Crippen molar-refractivity contribution in [3.05, 3.63) is 71.3 Å². The highest BCUT2D eigenvalue weighted by atomic mass is 16.7. The van der Waals surface area contributed by atoms with E-state index in [9.17, 15) is 19.2 Å². The molecule has 1 aliphatic heterocycles. The average molecular weight is 352 g/mol. The minimum absolute atomic E-state index is 0.169. The summed E-state index contributed by atoms with van der Waals surface area (Å²) in [5.41, 5.74) is 1.14. The number of nitrogens with one attached hydrogen (secondary N) is 1. The van der Waals surface area contributed by atoms with Gasteiger partial charge >= 0.3 is 5.97 Å². The summed E-state index contributed by atoms with van der Waals surface area (Å²) in [5, 5.41) is 2.93. The van der Waals surface area contributed by atoms with Crippen LogP contribution in [0.15, 0.2) is 54.6 Å². The summed E-state index contributed by atoms with van der Waals surface area (Å²) < 4.78 is 0. The van der Waals surface area contributed by atoms with Crippen LogP contribution >= 0.6 is 0 Å². The van der Waals surface area contributed by atoms with Gasteiger partial charge in [-0.3, -0.25) is 14.4 Å². The molecule has 0 saturated carbocycles. The first-order valence-corrected chi connectivity index (χ1v) is 7.98. The van der Waals surface area contributed by atoms with Crippen LogP contribution in [-0.4, -0.2) is 34.8 Å². The van der Waals surface area contributed by atoms with Crippen molar-refractivity contribution in [2.24, 2.45) is 0 Å². The molecule has 0 fully saturated rings. The molecule has 1 atom stereocenters. The van der Waals surface area contributed by atoms with Gasteiger partial charge in [-0.25, -0.2) is 4.79 Å². The fourth-order valence-electron chi connectivity index (χ4n) is 2.69. The lowest BCUT2D eigenvalue weighted by Gasteiger charge is -2.19. The number of imide groups is 1. The monoisotopic (exact) mass is 352 g/mol. The molecule has 0 spiro atoms. The molecule has 2 aromatic carbocycles. The van der Waals surface area contributed by atoms with E-state index in [1.807, 2.05) is 6.07 Å². The molecule has 26 heavy (non-hydrogen) atoms. The SMILES string of the molecule is CC(=O)NC(Cc1ccccc1)C(=O)ON1C(=O)c2ccccc2C1=O. The molecular weight excluding hydrogens is 336 g/mol. The fraction of sp³-hybridized carbons (Fsp3) is 0.158. The zero-order chi connectivity index (χ0) is 18.7. The lowest BCUT2D eigenvalue weighted by atomic mass is 10.1. The van der Waals surface area contributed by atoms with Crippen LogP contribution in [0.5, 0.6) is 0 Å². The van der Waals surface area contributed by atoms with E-state index in [0.29, 0.717) is 5.06 Å². The molecule has 1 N–H and O–H groups in total. The molecule has 132 valence electrons. The zero-order valence-electron chi connectivity index (χ0n) is 14.0. The van der Waals surface area contributed by atoms with Crippen molar-refractivity contribution in [1.29, 1.82) is 0 Å². The average Bonchev–Trinajstić information content (AvgIpc) is 2.87. The maximum Gasteiger partial charge on any atom is 0.355 e. The van der Waals surface area contributed by atoms with E-state index in [-0.39, 0.29) is 17.5 Å². The third-order valence-corrected chi connectivity index (χ3v) is 3.88. The quantitative estimate of drug-likeness (QED) is 0.823. The highest BCUT2D eigenvalue weighted by Gasteiger charge is 2.39. The molecule has 1 aliphatic rings. The molecule has 3 amide bonds. The Morgan fingerprint density at radius 3 is 2.04 bits per heavy atom. The van der Waals surface area contributed by atoms with E-state index in [4.69, 9.17) is 4.84 Å². The summed E-state index contributed by atoms with van der Waals surface area (Å²) in [6, 6.07) is 14.2. The van der Waals surface area contributed by atoms with Gasteiger partial charge < -0.3 is 10.2 Å². The Morgan fingerprint density at radius 2 is 1.50 bits per heavy atom. The first-order chi connectivity index (χ1) is 12.5.